The van der Waals surface area contributed by atoms with Crippen LogP contribution in [0.25, 0.3) is 28.3 Å². The van der Waals surface area contributed by atoms with E-state index in [0.717, 1.165) is 55.5 Å². The Morgan fingerprint density at radius 1 is 0.667 bits per heavy atom. The molecule has 4 aromatic rings. The third-order valence-corrected chi connectivity index (χ3v) is 8.85. The van der Waals surface area contributed by atoms with Gasteiger partial charge in [-0.05, 0) is 103 Å². The van der Waals surface area contributed by atoms with E-state index >= 15 is 4.39 Å². The smallest absolute Gasteiger partial charge is 0.419 e. The quantitative estimate of drug-likeness (QED) is 0.0873. The summed E-state index contributed by atoms with van der Waals surface area (Å²) in [7, 11) is 0. The third kappa shape index (κ3) is 8.25. The molecule has 0 N–H and O–H groups in total. The zero-order valence-electron chi connectivity index (χ0n) is 26.0. The molecule has 0 bridgehead atoms. The van der Waals surface area contributed by atoms with Crippen LogP contribution >= 0.6 is 0 Å². The molecule has 0 amide bonds. The van der Waals surface area contributed by atoms with Crippen LogP contribution in [0.4, 0.5) is 39.5 Å². The summed E-state index contributed by atoms with van der Waals surface area (Å²) >= 11 is 0. The Balaban J connectivity index is 1.26. The Morgan fingerprint density at radius 2 is 1.23 bits per heavy atom. The maximum atomic E-state index is 15.2. The van der Waals surface area contributed by atoms with Crippen LogP contribution in [0, 0.1) is 46.6 Å². The van der Waals surface area contributed by atoms with E-state index in [2.05, 4.69) is 11.7 Å². The van der Waals surface area contributed by atoms with Gasteiger partial charge < -0.3 is 4.74 Å². The van der Waals surface area contributed by atoms with Crippen molar-refractivity contribution in [2.75, 3.05) is 0 Å². The third-order valence-electron chi connectivity index (χ3n) is 8.85. The molecule has 0 radical (unpaired) electrons. The van der Waals surface area contributed by atoms with Crippen LogP contribution in [-0.2, 0) is 0 Å². The lowest BCUT2D eigenvalue weighted by atomic mass is 9.77. The van der Waals surface area contributed by atoms with Crippen LogP contribution in [-0.4, -0.2) is 6.11 Å². The Kier molecular flexibility index (Phi) is 10.9. The van der Waals surface area contributed by atoms with Gasteiger partial charge in [-0.2, -0.15) is 8.78 Å². The fourth-order valence-electron chi connectivity index (χ4n) is 6.26. The summed E-state index contributed by atoms with van der Waals surface area (Å²) in [5, 5.41) is 0. The average molecular weight is 677 g/mol. The molecule has 0 atom stereocenters. The van der Waals surface area contributed by atoms with E-state index in [-0.39, 0.29) is 28.7 Å². The van der Waals surface area contributed by atoms with Gasteiger partial charge in [0, 0.05) is 28.8 Å². The lowest BCUT2D eigenvalue weighted by Gasteiger charge is -2.29. The molecule has 0 unspecified atom stereocenters. The van der Waals surface area contributed by atoms with Crippen molar-refractivity contribution in [1.82, 2.24) is 0 Å². The lowest BCUT2D eigenvalue weighted by molar-refractivity contribution is -0.131. The van der Waals surface area contributed by atoms with Gasteiger partial charge in [0.05, 0.1) is 0 Å². The molecule has 4 aromatic carbocycles. The minimum Gasteiger partial charge on any atom is -0.429 e. The standard InChI is InChI=1S/C38H33F9O/c1-2-3-4-5-22-6-8-23(9-7-22)24-10-12-28(31(39)16-24)25-17-32(40)30(33(41)18-25)14-15-38(46,47)48-27-11-13-29(34(42)21-27)26-19-35(43)37(45)36(44)20-26/h10-23H,2-9H2,1H3/b15-14+. The first kappa shape index (κ1) is 35.1. The van der Waals surface area contributed by atoms with E-state index in [9.17, 15) is 35.1 Å². The highest BCUT2D eigenvalue weighted by molar-refractivity contribution is 5.68. The molecule has 0 aliphatic heterocycles. The van der Waals surface area contributed by atoms with Gasteiger partial charge in [-0.15, -0.1) is 0 Å². The van der Waals surface area contributed by atoms with Gasteiger partial charge in [0.1, 0.15) is 29.0 Å². The predicted octanol–water partition coefficient (Wildman–Crippen LogP) is 12.5. The molecule has 0 heterocycles. The molecule has 254 valence electrons. The zero-order chi connectivity index (χ0) is 34.6. The first-order valence-corrected chi connectivity index (χ1v) is 15.8. The number of alkyl halides is 2. The Morgan fingerprint density at radius 3 is 1.79 bits per heavy atom. The molecular weight excluding hydrogens is 643 g/mol. The van der Waals surface area contributed by atoms with Crippen molar-refractivity contribution in [1.29, 1.82) is 0 Å². The molecule has 0 saturated heterocycles. The number of halogens is 9. The highest BCUT2D eigenvalue weighted by atomic mass is 19.3. The monoisotopic (exact) mass is 676 g/mol. The second kappa shape index (κ2) is 14.9. The average Bonchev–Trinajstić information content (AvgIpc) is 3.03. The maximum absolute atomic E-state index is 15.2. The Bertz CT molecular complexity index is 1750. The van der Waals surface area contributed by atoms with Crippen molar-refractivity contribution in [2.24, 2.45) is 5.92 Å². The lowest BCUT2D eigenvalue weighted by Crippen LogP contribution is -2.21. The van der Waals surface area contributed by atoms with E-state index in [1.165, 1.54) is 37.8 Å². The number of hydrogen-bond donors (Lipinski definition) is 0. The molecule has 1 nitrogen and oxygen atoms in total. The van der Waals surface area contributed by atoms with Crippen molar-refractivity contribution < 1.29 is 44.3 Å². The number of ether oxygens (including phenoxy) is 1. The molecule has 1 fully saturated rings. The first-order chi connectivity index (χ1) is 22.8. The predicted molar refractivity (Wildman–Crippen MR) is 167 cm³/mol. The largest absolute Gasteiger partial charge is 0.429 e. The van der Waals surface area contributed by atoms with E-state index in [1.54, 1.807) is 6.07 Å². The first-order valence-electron chi connectivity index (χ1n) is 15.8. The summed E-state index contributed by atoms with van der Waals surface area (Å²) in [5.74, 6) is -9.03. The van der Waals surface area contributed by atoms with Crippen LogP contribution in [0.2, 0.25) is 0 Å². The second-order valence-electron chi connectivity index (χ2n) is 12.2. The molecule has 10 heteroatoms. The van der Waals surface area contributed by atoms with Crippen molar-refractivity contribution in [3.63, 3.8) is 0 Å². The molecular formula is C38H33F9O. The molecule has 1 aliphatic rings. The molecule has 0 aromatic heterocycles. The second-order valence-corrected chi connectivity index (χ2v) is 12.2. The highest BCUT2D eigenvalue weighted by Gasteiger charge is 2.29. The Labute approximate surface area is 273 Å². The van der Waals surface area contributed by atoms with Crippen molar-refractivity contribution in [3.05, 3.63) is 119 Å². The van der Waals surface area contributed by atoms with E-state index < -0.39 is 63.7 Å². The summed E-state index contributed by atoms with van der Waals surface area (Å²) in [6.45, 7) is 2.17. The van der Waals surface area contributed by atoms with Gasteiger partial charge in [0.15, 0.2) is 17.5 Å². The van der Waals surface area contributed by atoms with Crippen LogP contribution in [0.15, 0.2) is 66.7 Å². The van der Waals surface area contributed by atoms with Crippen LogP contribution in [0.3, 0.4) is 0 Å². The van der Waals surface area contributed by atoms with Crippen molar-refractivity contribution >= 4 is 6.08 Å². The molecule has 5 rings (SSSR count). The number of hydrogen-bond acceptors (Lipinski definition) is 1. The van der Waals surface area contributed by atoms with Crippen LogP contribution in [0.1, 0.15) is 75.3 Å². The number of unbranched alkanes of at least 4 members (excludes halogenated alkanes) is 2. The van der Waals surface area contributed by atoms with Gasteiger partial charge in [0.2, 0.25) is 0 Å². The van der Waals surface area contributed by atoms with Crippen molar-refractivity contribution in [2.45, 2.75) is 70.3 Å². The fraction of sp³-hybridized carbons (Fsp3) is 0.316. The summed E-state index contributed by atoms with van der Waals surface area (Å²) in [5.41, 5.74) is -0.955. The van der Waals surface area contributed by atoms with Gasteiger partial charge in [0.25, 0.3) is 0 Å². The normalized spacial score (nSPS) is 16.9. The summed E-state index contributed by atoms with van der Waals surface area (Å²) in [6.07, 6.45) is 5.22. The molecule has 48 heavy (non-hydrogen) atoms. The van der Waals surface area contributed by atoms with Crippen molar-refractivity contribution in [3.8, 4) is 28.0 Å². The maximum Gasteiger partial charge on any atom is 0.419 e. The minimum absolute atomic E-state index is 0.0365. The topological polar surface area (TPSA) is 9.23 Å². The number of benzene rings is 4. The summed E-state index contributed by atoms with van der Waals surface area (Å²) < 4.78 is 134. The van der Waals surface area contributed by atoms with Gasteiger partial charge >= 0.3 is 6.11 Å². The van der Waals surface area contributed by atoms with Gasteiger partial charge in [-0.1, -0.05) is 44.7 Å². The summed E-state index contributed by atoms with van der Waals surface area (Å²) in [4.78, 5) is 0. The molecule has 1 aliphatic carbocycles. The fourth-order valence-corrected chi connectivity index (χ4v) is 6.26. The van der Waals surface area contributed by atoms with Crippen LogP contribution in [0.5, 0.6) is 5.75 Å². The van der Waals surface area contributed by atoms with Gasteiger partial charge in [-0.25, -0.2) is 30.7 Å². The molecule has 1 saturated carbocycles. The van der Waals surface area contributed by atoms with Crippen LogP contribution < -0.4 is 4.74 Å². The highest BCUT2D eigenvalue weighted by Crippen LogP contribution is 2.39. The van der Waals surface area contributed by atoms with Gasteiger partial charge in [-0.3, -0.25) is 0 Å². The summed E-state index contributed by atoms with van der Waals surface area (Å²) in [6, 6.07) is 9.64. The SMILES string of the molecule is CCCCCC1CCC(c2ccc(-c3cc(F)c(/C=C/C(F)(F)Oc4ccc(-c5cc(F)c(F)c(F)c5)c(F)c4)c(F)c3)c(F)c2)CC1. The van der Waals surface area contributed by atoms with E-state index in [1.807, 2.05) is 0 Å². The van der Waals surface area contributed by atoms with E-state index in [0.29, 0.717) is 30.2 Å². The zero-order valence-corrected chi connectivity index (χ0v) is 26.0. The molecule has 0 spiro atoms. The van der Waals surface area contributed by atoms with E-state index in [4.69, 9.17) is 0 Å². The minimum atomic E-state index is -4.18. The Hall–Kier alpha value is -4.21. The number of rotatable bonds is 11.